The van der Waals surface area contributed by atoms with Gasteiger partial charge in [-0.2, -0.15) is 5.10 Å². The van der Waals surface area contributed by atoms with Gasteiger partial charge in [-0.1, -0.05) is 55.5 Å². The van der Waals surface area contributed by atoms with Crippen molar-refractivity contribution >= 4 is 16.9 Å². The van der Waals surface area contributed by atoms with Crippen LogP contribution in [0.4, 0.5) is 0 Å². The number of para-hydroxylation sites is 1. The maximum atomic E-state index is 13.4. The average molecular weight is 373 g/mol. The lowest BCUT2D eigenvalue weighted by Gasteiger charge is -2.24. The molecule has 1 atom stereocenters. The standard InChI is InChI=1S/C23H23N3O2/c1-3-20-19(18-12-7-8-13-21(18)28-20)16-25(2)23(27)22(26-15-9-14-24-26)17-10-5-4-6-11-17/h4-15,22H,3,16H2,1-2H3. The number of carbonyl (C=O) groups excluding carboxylic acids is 1. The highest BCUT2D eigenvalue weighted by atomic mass is 16.3. The molecule has 0 aliphatic heterocycles. The average Bonchev–Trinajstić information content (AvgIpc) is 3.37. The minimum absolute atomic E-state index is 0.0118. The Kier molecular flexibility index (Phi) is 4.98. The highest BCUT2D eigenvalue weighted by Gasteiger charge is 2.27. The van der Waals surface area contributed by atoms with E-state index in [-0.39, 0.29) is 5.91 Å². The van der Waals surface area contributed by atoms with Gasteiger partial charge in [0.25, 0.3) is 5.91 Å². The largest absolute Gasteiger partial charge is 0.461 e. The minimum atomic E-state index is -0.496. The number of furan rings is 1. The lowest BCUT2D eigenvalue weighted by atomic mass is 10.0. The van der Waals surface area contributed by atoms with Gasteiger partial charge in [0.05, 0.1) is 0 Å². The van der Waals surface area contributed by atoms with Gasteiger partial charge < -0.3 is 9.32 Å². The van der Waals surface area contributed by atoms with Gasteiger partial charge in [0.1, 0.15) is 11.3 Å². The summed E-state index contributed by atoms with van der Waals surface area (Å²) in [6.07, 6.45) is 4.31. The molecule has 4 rings (SSSR count). The molecule has 5 nitrogen and oxygen atoms in total. The maximum absolute atomic E-state index is 13.4. The number of nitrogens with zero attached hydrogens (tertiary/aromatic N) is 3. The number of aryl methyl sites for hydroxylation is 1. The molecule has 142 valence electrons. The van der Waals surface area contributed by atoms with E-state index in [1.54, 1.807) is 15.8 Å². The molecule has 4 aromatic rings. The quantitative estimate of drug-likeness (QED) is 0.502. The summed E-state index contributed by atoms with van der Waals surface area (Å²) in [6, 6.07) is 19.1. The normalized spacial score (nSPS) is 12.2. The van der Waals surface area contributed by atoms with Crippen LogP contribution < -0.4 is 0 Å². The van der Waals surface area contributed by atoms with Gasteiger partial charge in [0.15, 0.2) is 6.04 Å². The third kappa shape index (κ3) is 3.31. The molecule has 2 heterocycles. The van der Waals surface area contributed by atoms with E-state index in [1.165, 1.54) is 0 Å². The van der Waals surface area contributed by atoms with E-state index in [0.29, 0.717) is 6.54 Å². The summed E-state index contributed by atoms with van der Waals surface area (Å²) in [5.74, 6) is 0.915. The predicted octanol–water partition coefficient (Wildman–Crippen LogP) is 4.44. The number of carbonyl (C=O) groups is 1. The van der Waals surface area contributed by atoms with E-state index in [9.17, 15) is 4.79 Å². The fraction of sp³-hybridized carbons (Fsp3) is 0.217. The lowest BCUT2D eigenvalue weighted by Crippen LogP contribution is -2.35. The van der Waals surface area contributed by atoms with Gasteiger partial charge in [-0.05, 0) is 17.7 Å². The first-order valence-corrected chi connectivity index (χ1v) is 9.47. The molecular weight excluding hydrogens is 350 g/mol. The fourth-order valence-electron chi connectivity index (χ4n) is 3.61. The van der Waals surface area contributed by atoms with E-state index >= 15 is 0 Å². The Bertz CT molecular complexity index is 1070. The number of benzene rings is 2. The minimum Gasteiger partial charge on any atom is -0.461 e. The second-order valence-corrected chi connectivity index (χ2v) is 6.85. The van der Waals surface area contributed by atoms with Gasteiger partial charge in [-0.25, -0.2) is 0 Å². The number of likely N-dealkylation sites (N-methyl/N-ethyl adjacent to an activating group) is 1. The van der Waals surface area contributed by atoms with Gasteiger partial charge in [-0.3, -0.25) is 9.48 Å². The Morgan fingerprint density at radius 3 is 2.57 bits per heavy atom. The van der Waals surface area contributed by atoms with Gasteiger partial charge in [-0.15, -0.1) is 0 Å². The maximum Gasteiger partial charge on any atom is 0.252 e. The predicted molar refractivity (Wildman–Crippen MR) is 109 cm³/mol. The zero-order valence-corrected chi connectivity index (χ0v) is 16.1. The molecule has 0 radical (unpaired) electrons. The van der Waals surface area contributed by atoms with Crippen LogP contribution in [0, 0.1) is 0 Å². The Hall–Kier alpha value is -3.34. The Balaban J connectivity index is 1.67. The molecule has 0 bridgehead atoms. The van der Waals surface area contributed by atoms with E-state index in [4.69, 9.17) is 4.42 Å². The third-order valence-electron chi connectivity index (χ3n) is 5.01. The summed E-state index contributed by atoms with van der Waals surface area (Å²) in [5, 5.41) is 5.39. The summed E-state index contributed by atoms with van der Waals surface area (Å²) in [6.45, 7) is 2.56. The molecule has 0 N–H and O–H groups in total. The number of hydrogen-bond donors (Lipinski definition) is 0. The van der Waals surface area contributed by atoms with Crippen molar-refractivity contribution in [3.63, 3.8) is 0 Å². The number of fused-ring (bicyclic) bond motifs is 1. The smallest absolute Gasteiger partial charge is 0.252 e. The first kappa shape index (κ1) is 18.0. The molecule has 0 saturated carbocycles. The molecule has 1 amide bonds. The van der Waals surface area contributed by atoms with E-state index in [1.807, 2.05) is 73.9 Å². The highest BCUT2D eigenvalue weighted by molar-refractivity contribution is 5.85. The van der Waals surface area contributed by atoms with Crippen LogP contribution in [0.3, 0.4) is 0 Å². The van der Waals surface area contributed by atoms with Gasteiger partial charge in [0, 0.05) is 43.4 Å². The van der Waals surface area contributed by atoms with Crippen molar-refractivity contribution in [2.24, 2.45) is 0 Å². The number of rotatable bonds is 6. The first-order valence-electron chi connectivity index (χ1n) is 9.47. The van der Waals surface area contributed by atoms with Crippen molar-refractivity contribution in [3.05, 3.63) is 89.9 Å². The number of aromatic nitrogens is 2. The summed E-state index contributed by atoms with van der Waals surface area (Å²) < 4.78 is 7.70. The molecule has 0 saturated heterocycles. The SMILES string of the molecule is CCc1oc2ccccc2c1CN(C)C(=O)C(c1ccccc1)n1cccn1. The molecule has 28 heavy (non-hydrogen) atoms. The highest BCUT2D eigenvalue weighted by Crippen LogP contribution is 2.28. The molecule has 0 aliphatic carbocycles. The Labute approximate surface area is 164 Å². The summed E-state index contributed by atoms with van der Waals surface area (Å²) in [5.41, 5.74) is 2.85. The summed E-state index contributed by atoms with van der Waals surface area (Å²) >= 11 is 0. The van der Waals surface area contributed by atoms with Crippen molar-refractivity contribution in [2.75, 3.05) is 7.05 Å². The number of hydrogen-bond acceptors (Lipinski definition) is 3. The molecule has 5 heteroatoms. The molecule has 0 spiro atoms. The topological polar surface area (TPSA) is 51.3 Å². The van der Waals surface area contributed by atoms with Crippen molar-refractivity contribution in [1.82, 2.24) is 14.7 Å². The van der Waals surface area contributed by atoms with Crippen molar-refractivity contribution < 1.29 is 9.21 Å². The second-order valence-electron chi connectivity index (χ2n) is 6.85. The van der Waals surface area contributed by atoms with Crippen LogP contribution in [-0.2, 0) is 17.8 Å². The molecule has 2 aromatic heterocycles. The van der Waals surface area contributed by atoms with Crippen LogP contribution >= 0.6 is 0 Å². The van der Waals surface area contributed by atoms with Crippen LogP contribution in [-0.4, -0.2) is 27.6 Å². The summed E-state index contributed by atoms with van der Waals surface area (Å²) in [7, 11) is 1.84. The fourth-order valence-corrected chi connectivity index (χ4v) is 3.61. The lowest BCUT2D eigenvalue weighted by molar-refractivity contribution is -0.133. The zero-order valence-electron chi connectivity index (χ0n) is 16.1. The van der Waals surface area contributed by atoms with Crippen LogP contribution in [0.25, 0.3) is 11.0 Å². The van der Waals surface area contributed by atoms with Crippen molar-refractivity contribution in [1.29, 1.82) is 0 Å². The van der Waals surface area contributed by atoms with Crippen LogP contribution in [0.1, 0.15) is 29.9 Å². The van der Waals surface area contributed by atoms with Crippen LogP contribution in [0.15, 0.2) is 77.5 Å². The molecular formula is C23H23N3O2. The Morgan fingerprint density at radius 2 is 1.86 bits per heavy atom. The van der Waals surface area contributed by atoms with Crippen molar-refractivity contribution in [2.45, 2.75) is 25.9 Å². The van der Waals surface area contributed by atoms with Crippen LogP contribution in [0.2, 0.25) is 0 Å². The molecule has 1 unspecified atom stereocenters. The van der Waals surface area contributed by atoms with Gasteiger partial charge in [0.2, 0.25) is 0 Å². The van der Waals surface area contributed by atoms with E-state index < -0.39 is 6.04 Å². The third-order valence-corrected chi connectivity index (χ3v) is 5.01. The van der Waals surface area contributed by atoms with Crippen LogP contribution in [0.5, 0.6) is 0 Å². The second kappa shape index (κ2) is 7.72. The monoisotopic (exact) mass is 373 g/mol. The number of amides is 1. The molecule has 0 fully saturated rings. The molecule has 0 aliphatic rings. The first-order chi connectivity index (χ1) is 13.7. The van der Waals surface area contributed by atoms with E-state index in [0.717, 1.165) is 34.3 Å². The van der Waals surface area contributed by atoms with E-state index in [2.05, 4.69) is 12.0 Å². The summed E-state index contributed by atoms with van der Waals surface area (Å²) in [4.78, 5) is 15.2. The van der Waals surface area contributed by atoms with Crippen molar-refractivity contribution in [3.8, 4) is 0 Å². The van der Waals surface area contributed by atoms with Gasteiger partial charge >= 0.3 is 0 Å². The Morgan fingerprint density at radius 1 is 1.11 bits per heavy atom. The zero-order chi connectivity index (χ0) is 19.5. The molecule has 2 aromatic carbocycles.